The van der Waals surface area contributed by atoms with Crippen molar-refractivity contribution in [2.45, 2.75) is 52.4 Å². The highest BCUT2D eigenvalue weighted by molar-refractivity contribution is 5.67. The fraction of sp³-hybridized carbons (Fsp3) is 0.357. The number of anilines is 1. The van der Waals surface area contributed by atoms with Gasteiger partial charge in [0.1, 0.15) is 0 Å². The zero-order chi connectivity index (χ0) is 23.6. The smallest absolute Gasteiger partial charge is 0.364 e. The van der Waals surface area contributed by atoms with Gasteiger partial charge in [-0.2, -0.15) is 13.2 Å². The molecule has 5 heteroatoms. The summed E-state index contributed by atoms with van der Waals surface area (Å²) in [5.74, 6) is 0. The van der Waals surface area contributed by atoms with Crippen LogP contribution in [0.1, 0.15) is 40.7 Å². The van der Waals surface area contributed by atoms with Gasteiger partial charge in [-0.3, -0.25) is 0 Å². The Morgan fingerprint density at radius 3 is 2.09 bits per heavy atom. The summed E-state index contributed by atoms with van der Waals surface area (Å²) in [5, 5.41) is 3.38. The van der Waals surface area contributed by atoms with Crippen LogP contribution in [0.25, 0.3) is 11.1 Å². The quantitative estimate of drug-likeness (QED) is 0.446. The third-order valence-corrected chi connectivity index (χ3v) is 6.82. The molecule has 1 N–H and O–H groups in total. The van der Waals surface area contributed by atoms with Crippen LogP contribution in [-0.2, 0) is 12.7 Å². The summed E-state index contributed by atoms with van der Waals surface area (Å²) in [6, 6.07) is 18.9. The SMILES string of the molecule is Cc1cc(-c2cccc(CN(c3ccc(C(F)(F)F)cc3)C3CCNCC3)c2)cc(C)c1C. The molecule has 1 heterocycles. The van der Waals surface area contributed by atoms with E-state index in [1.807, 2.05) is 0 Å². The van der Waals surface area contributed by atoms with E-state index in [2.05, 4.69) is 67.4 Å². The normalized spacial score (nSPS) is 15.0. The van der Waals surface area contributed by atoms with Crippen LogP contribution in [0.3, 0.4) is 0 Å². The summed E-state index contributed by atoms with van der Waals surface area (Å²) >= 11 is 0. The van der Waals surface area contributed by atoms with Crippen LogP contribution in [-0.4, -0.2) is 19.1 Å². The van der Waals surface area contributed by atoms with Crippen molar-refractivity contribution < 1.29 is 13.2 Å². The van der Waals surface area contributed by atoms with E-state index in [9.17, 15) is 13.2 Å². The predicted molar refractivity (Wildman–Crippen MR) is 130 cm³/mol. The van der Waals surface area contributed by atoms with Gasteiger partial charge in [-0.15, -0.1) is 0 Å². The minimum absolute atomic E-state index is 0.288. The van der Waals surface area contributed by atoms with Gasteiger partial charge >= 0.3 is 6.18 Å². The first-order valence-electron chi connectivity index (χ1n) is 11.5. The summed E-state index contributed by atoms with van der Waals surface area (Å²) < 4.78 is 39.3. The van der Waals surface area contributed by atoms with E-state index in [0.717, 1.165) is 42.7 Å². The number of rotatable bonds is 5. The number of hydrogen-bond acceptors (Lipinski definition) is 2. The van der Waals surface area contributed by atoms with Gasteiger partial charge in [-0.05, 0) is 110 Å². The molecule has 3 aromatic carbocycles. The Kier molecular flexibility index (Phi) is 6.80. The van der Waals surface area contributed by atoms with Gasteiger partial charge in [0.15, 0.2) is 0 Å². The van der Waals surface area contributed by atoms with Gasteiger partial charge < -0.3 is 10.2 Å². The van der Waals surface area contributed by atoms with Crippen molar-refractivity contribution in [3.8, 4) is 11.1 Å². The summed E-state index contributed by atoms with van der Waals surface area (Å²) in [4.78, 5) is 2.27. The molecule has 3 aromatic rings. The number of aryl methyl sites for hydroxylation is 2. The third kappa shape index (κ3) is 5.41. The second-order valence-electron chi connectivity index (χ2n) is 9.09. The Morgan fingerprint density at radius 2 is 1.48 bits per heavy atom. The van der Waals surface area contributed by atoms with Crippen LogP contribution in [0.15, 0.2) is 60.7 Å². The summed E-state index contributed by atoms with van der Waals surface area (Å²) in [6.45, 7) is 8.92. The maximum Gasteiger partial charge on any atom is 0.416 e. The lowest BCUT2D eigenvalue weighted by atomic mass is 9.95. The number of piperidine rings is 1. The molecule has 1 fully saturated rings. The minimum Gasteiger partial charge on any atom is -0.364 e. The molecule has 2 nitrogen and oxygen atoms in total. The van der Waals surface area contributed by atoms with Crippen LogP contribution in [0.5, 0.6) is 0 Å². The lowest BCUT2D eigenvalue weighted by Crippen LogP contribution is -2.43. The van der Waals surface area contributed by atoms with E-state index < -0.39 is 11.7 Å². The Morgan fingerprint density at radius 1 is 0.848 bits per heavy atom. The lowest BCUT2D eigenvalue weighted by Gasteiger charge is -2.37. The van der Waals surface area contributed by atoms with Crippen LogP contribution in [0.4, 0.5) is 18.9 Å². The highest BCUT2D eigenvalue weighted by Crippen LogP contribution is 2.33. The molecule has 1 saturated heterocycles. The monoisotopic (exact) mass is 452 g/mol. The Balaban J connectivity index is 1.65. The molecule has 33 heavy (non-hydrogen) atoms. The molecule has 4 rings (SSSR count). The van der Waals surface area contributed by atoms with Crippen molar-refractivity contribution >= 4 is 5.69 Å². The number of alkyl halides is 3. The minimum atomic E-state index is -4.32. The third-order valence-electron chi connectivity index (χ3n) is 6.82. The van der Waals surface area contributed by atoms with Gasteiger partial charge in [-0.25, -0.2) is 0 Å². The van der Waals surface area contributed by atoms with Crippen molar-refractivity contribution in [1.82, 2.24) is 5.32 Å². The second kappa shape index (κ2) is 9.60. The number of halogens is 3. The van der Waals surface area contributed by atoms with Crippen molar-refractivity contribution in [2.75, 3.05) is 18.0 Å². The molecule has 0 spiro atoms. The second-order valence-corrected chi connectivity index (χ2v) is 9.09. The van der Waals surface area contributed by atoms with E-state index in [-0.39, 0.29) is 6.04 Å². The average Bonchev–Trinajstić information content (AvgIpc) is 2.81. The van der Waals surface area contributed by atoms with Crippen LogP contribution in [0, 0.1) is 20.8 Å². The summed E-state index contributed by atoms with van der Waals surface area (Å²) in [5.41, 5.74) is 7.60. The molecule has 0 bridgehead atoms. The Hall–Kier alpha value is -2.79. The molecule has 0 saturated carbocycles. The number of nitrogens with zero attached hydrogens (tertiary/aromatic N) is 1. The number of nitrogens with one attached hydrogen (secondary N) is 1. The molecule has 0 atom stereocenters. The van der Waals surface area contributed by atoms with Crippen molar-refractivity contribution in [1.29, 1.82) is 0 Å². The van der Waals surface area contributed by atoms with E-state index in [1.165, 1.54) is 34.4 Å². The fourth-order valence-electron chi connectivity index (χ4n) is 4.64. The lowest BCUT2D eigenvalue weighted by molar-refractivity contribution is -0.137. The predicted octanol–water partition coefficient (Wildman–Crippen LogP) is 7.06. The van der Waals surface area contributed by atoms with E-state index in [0.29, 0.717) is 6.54 Å². The van der Waals surface area contributed by atoms with Gasteiger partial charge in [0, 0.05) is 18.3 Å². The maximum atomic E-state index is 13.1. The molecule has 174 valence electrons. The van der Waals surface area contributed by atoms with Gasteiger partial charge in [0.25, 0.3) is 0 Å². The van der Waals surface area contributed by atoms with E-state index in [4.69, 9.17) is 0 Å². The zero-order valence-electron chi connectivity index (χ0n) is 19.5. The molecule has 0 radical (unpaired) electrons. The topological polar surface area (TPSA) is 15.3 Å². The fourth-order valence-corrected chi connectivity index (χ4v) is 4.64. The molecule has 1 aliphatic rings. The number of hydrogen-bond donors (Lipinski definition) is 1. The maximum absolute atomic E-state index is 13.1. The van der Waals surface area contributed by atoms with Gasteiger partial charge in [-0.1, -0.05) is 30.3 Å². The average molecular weight is 453 g/mol. The highest BCUT2D eigenvalue weighted by Gasteiger charge is 2.30. The molecule has 0 aromatic heterocycles. The van der Waals surface area contributed by atoms with Crippen LogP contribution >= 0.6 is 0 Å². The largest absolute Gasteiger partial charge is 0.416 e. The molecule has 0 aliphatic carbocycles. The Labute approximate surface area is 194 Å². The van der Waals surface area contributed by atoms with Crippen molar-refractivity contribution in [3.05, 3.63) is 88.5 Å². The molecular weight excluding hydrogens is 421 g/mol. The molecule has 0 amide bonds. The summed E-state index contributed by atoms with van der Waals surface area (Å²) in [7, 11) is 0. The zero-order valence-corrected chi connectivity index (χ0v) is 19.5. The summed E-state index contributed by atoms with van der Waals surface area (Å²) in [6.07, 6.45) is -2.38. The molecule has 1 aliphatic heterocycles. The van der Waals surface area contributed by atoms with Gasteiger partial charge in [0.05, 0.1) is 5.56 Å². The van der Waals surface area contributed by atoms with Crippen molar-refractivity contribution in [3.63, 3.8) is 0 Å². The highest BCUT2D eigenvalue weighted by atomic mass is 19.4. The van der Waals surface area contributed by atoms with Crippen LogP contribution in [0.2, 0.25) is 0 Å². The van der Waals surface area contributed by atoms with Crippen LogP contribution < -0.4 is 10.2 Å². The standard InChI is InChI=1S/C28H31F3N2/c1-19-15-24(16-20(2)21(19)3)23-6-4-5-22(17-23)18-33(27-11-13-32-14-12-27)26-9-7-25(8-10-26)28(29,30)31/h4-10,15-17,27,32H,11-14,18H2,1-3H3. The molecule has 0 unspecified atom stereocenters. The Bertz CT molecular complexity index is 1070. The molecular formula is C28H31F3N2. The van der Waals surface area contributed by atoms with Gasteiger partial charge in [0.2, 0.25) is 0 Å². The van der Waals surface area contributed by atoms with E-state index in [1.54, 1.807) is 12.1 Å². The first kappa shape index (κ1) is 23.4. The first-order chi connectivity index (χ1) is 15.7. The van der Waals surface area contributed by atoms with Crippen molar-refractivity contribution in [2.24, 2.45) is 0 Å². The van der Waals surface area contributed by atoms with E-state index >= 15 is 0 Å². The first-order valence-corrected chi connectivity index (χ1v) is 11.5. The number of benzene rings is 3.